The number of nitro benzene ring substituents is 2. The van der Waals surface area contributed by atoms with Crippen molar-refractivity contribution in [1.82, 2.24) is 0 Å². The van der Waals surface area contributed by atoms with Crippen molar-refractivity contribution in [3.05, 3.63) is 38.4 Å². The molecule has 0 bridgehead atoms. The highest BCUT2D eigenvalue weighted by Gasteiger charge is 2.21. The Labute approximate surface area is 107 Å². The average molecular weight is 269 g/mol. The van der Waals surface area contributed by atoms with Gasteiger partial charge in [-0.2, -0.15) is 0 Å². The summed E-state index contributed by atoms with van der Waals surface area (Å²) < 4.78 is 4.97. The Kier molecular flexibility index (Phi) is 4.75. The van der Waals surface area contributed by atoms with E-state index in [1.54, 1.807) is 6.92 Å². The molecule has 9 heteroatoms. The van der Waals surface area contributed by atoms with E-state index in [4.69, 9.17) is 9.57 Å². The first-order valence-corrected chi connectivity index (χ1v) is 5.23. The summed E-state index contributed by atoms with van der Waals surface area (Å²) in [6.07, 6.45) is 0. The van der Waals surface area contributed by atoms with E-state index in [1.165, 1.54) is 6.92 Å². The quantitative estimate of drug-likeness (QED) is 0.350. The normalized spacial score (nSPS) is 10.9. The lowest BCUT2D eigenvalue weighted by molar-refractivity contribution is -0.394. The van der Waals surface area contributed by atoms with Gasteiger partial charge < -0.3 is 9.57 Å². The van der Waals surface area contributed by atoms with Gasteiger partial charge in [0.1, 0.15) is 0 Å². The summed E-state index contributed by atoms with van der Waals surface area (Å²) in [6, 6.07) is 3.01. The molecule has 0 N–H and O–H groups in total. The van der Waals surface area contributed by atoms with Gasteiger partial charge in [0, 0.05) is 13.0 Å². The lowest BCUT2D eigenvalue weighted by Gasteiger charge is -2.03. The zero-order valence-electron chi connectivity index (χ0n) is 10.2. The first-order chi connectivity index (χ1) is 8.95. The largest absolute Gasteiger partial charge is 0.479 e. The number of rotatable bonds is 5. The van der Waals surface area contributed by atoms with Crippen molar-refractivity contribution < 1.29 is 19.4 Å². The van der Waals surface area contributed by atoms with Crippen LogP contribution in [0.5, 0.6) is 5.75 Å². The minimum Gasteiger partial charge on any atom is -0.479 e. The van der Waals surface area contributed by atoms with Gasteiger partial charge >= 0.3 is 5.69 Å². The SMILES string of the molecule is CCO/C(C)=N/Oc1ccc([N+](=O)[O-])cc1[N+](=O)[O-]. The maximum atomic E-state index is 10.8. The summed E-state index contributed by atoms with van der Waals surface area (Å²) in [5, 5.41) is 24.8. The second kappa shape index (κ2) is 6.28. The topological polar surface area (TPSA) is 117 Å². The smallest absolute Gasteiger partial charge is 0.321 e. The number of ether oxygens (including phenoxy) is 1. The summed E-state index contributed by atoms with van der Waals surface area (Å²) in [4.78, 5) is 24.7. The molecule has 0 aromatic heterocycles. The third kappa shape index (κ3) is 3.91. The molecule has 19 heavy (non-hydrogen) atoms. The van der Waals surface area contributed by atoms with Gasteiger partial charge in [-0.15, -0.1) is 0 Å². The van der Waals surface area contributed by atoms with Gasteiger partial charge in [0.2, 0.25) is 11.6 Å². The third-order valence-electron chi connectivity index (χ3n) is 1.98. The highest BCUT2D eigenvalue weighted by atomic mass is 16.7. The predicted octanol–water partition coefficient (Wildman–Crippen LogP) is 2.25. The van der Waals surface area contributed by atoms with E-state index in [2.05, 4.69) is 5.16 Å². The first kappa shape index (κ1) is 14.4. The number of hydrogen-bond acceptors (Lipinski definition) is 7. The summed E-state index contributed by atoms with van der Waals surface area (Å²) in [5.74, 6) is -0.00944. The maximum Gasteiger partial charge on any atom is 0.321 e. The molecule has 0 fully saturated rings. The number of non-ortho nitro benzene ring substituents is 1. The van der Waals surface area contributed by atoms with Crippen LogP contribution in [0.3, 0.4) is 0 Å². The van der Waals surface area contributed by atoms with Crippen LogP contribution in [0.25, 0.3) is 0 Å². The van der Waals surface area contributed by atoms with Gasteiger partial charge in [0.25, 0.3) is 5.69 Å². The minimum atomic E-state index is -0.784. The van der Waals surface area contributed by atoms with Crippen LogP contribution in [0.1, 0.15) is 13.8 Å². The van der Waals surface area contributed by atoms with E-state index in [1.807, 2.05) is 0 Å². The number of nitrogens with zero attached hydrogens (tertiary/aromatic N) is 3. The van der Waals surface area contributed by atoms with Gasteiger partial charge in [-0.25, -0.2) is 0 Å². The van der Waals surface area contributed by atoms with Crippen molar-refractivity contribution in [2.45, 2.75) is 13.8 Å². The fourth-order valence-corrected chi connectivity index (χ4v) is 1.19. The molecule has 0 unspecified atom stereocenters. The van der Waals surface area contributed by atoms with Crippen molar-refractivity contribution in [3.63, 3.8) is 0 Å². The summed E-state index contributed by atoms with van der Waals surface area (Å²) >= 11 is 0. The Morgan fingerprint density at radius 3 is 2.53 bits per heavy atom. The molecule has 0 saturated carbocycles. The zero-order valence-corrected chi connectivity index (χ0v) is 10.2. The monoisotopic (exact) mass is 269 g/mol. The summed E-state index contributed by atoms with van der Waals surface area (Å²) in [7, 11) is 0. The van der Waals surface area contributed by atoms with Crippen LogP contribution in [-0.4, -0.2) is 22.4 Å². The highest BCUT2D eigenvalue weighted by Crippen LogP contribution is 2.31. The Bertz CT molecular complexity index is 528. The van der Waals surface area contributed by atoms with Crippen molar-refractivity contribution in [2.75, 3.05) is 6.61 Å². The predicted molar refractivity (Wildman–Crippen MR) is 65.1 cm³/mol. The number of benzene rings is 1. The Hall–Kier alpha value is -2.71. The van der Waals surface area contributed by atoms with Gasteiger partial charge in [0.05, 0.1) is 22.5 Å². The minimum absolute atomic E-state index is 0.190. The molecule has 0 aliphatic heterocycles. The lowest BCUT2D eigenvalue weighted by atomic mass is 10.2. The van der Waals surface area contributed by atoms with Crippen LogP contribution in [-0.2, 0) is 4.74 Å². The molecule has 0 saturated heterocycles. The van der Waals surface area contributed by atoms with Crippen LogP contribution in [0.15, 0.2) is 23.4 Å². The molecule has 1 aromatic rings. The molecule has 1 aromatic carbocycles. The molecule has 1 rings (SSSR count). The molecule has 0 spiro atoms. The number of nitro groups is 2. The van der Waals surface area contributed by atoms with Crippen LogP contribution >= 0.6 is 0 Å². The van der Waals surface area contributed by atoms with Gasteiger partial charge in [-0.05, 0) is 18.1 Å². The maximum absolute atomic E-state index is 10.8. The molecular formula is C10H11N3O6. The standard InChI is InChI=1S/C10H11N3O6/c1-3-18-7(2)11-19-10-5-4-8(12(14)15)6-9(10)13(16)17/h4-6H,3H2,1-2H3/b11-7+. The first-order valence-electron chi connectivity index (χ1n) is 5.23. The van der Waals surface area contributed by atoms with E-state index in [-0.39, 0.29) is 11.6 Å². The molecule has 0 heterocycles. The van der Waals surface area contributed by atoms with Crippen LogP contribution in [0, 0.1) is 20.2 Å². The molecule has 0 radical (unpaired) electrons. The zero-order chi connectivity index (χ0) is 14.4. The lowest BCUT2D eigenvalue weighted by Crippen LogP contribution is -2.02. The van der Waals surface area contributed by atoms with Crippen LogP contribution in [0.4, 0.5) is 11.4 Å². The van der Waals surface area contributed by atoms with Gasteiger partial charge in [0.15, 0.2) is 0 Å². The van der Waals surface area contributed by atoms with E-state index < -0.39 is 21.2 Å². The van der Waals surface area contributed by atoms with E-state index in [9.17, 15) is 20.2 Å². The van der Waals surface area contributed by atoms with E-state index >= 15 is 0 Å². The molecule has 102 valence electrons. The molecule has 9 nitrogen and oxygen atoms in total. The highest BCUT2D eigenvalue weighted by molar-refractivity contribution is 5.72. The molecule has 0 atom stereocenters. The van der Waals surface area contributed by atoms with E-state index in [0.717, 1.165) is 18.2 Å². The van der Waals surface area contributed by atoms with Crippen molar-refractivity contribution in [2.24, 2.45) is 5.16 Å². The summed E-state index contributed by atoms with van der Waals surface area (Å²) in [6.45, 7) is 3.63. The van der Waals surface area contributed by atoms with Gasteiger partial charge in [-0.3, -0.25) is 20.2 Å². The van der Waals surface area contributed by atoms with Crippen molar-refractivity contribution in [3.8, 4) is 5.75 Å². The van der Waals surface area contributed by atoms with Gasteiger partial charge in [-0.1, -0.05) is 0 Å². The second-order valence-electron chi connectivity index (χ2n) is 3.30. The van der Waals surface area contributed by atoms with Crippen LogP contribution in [0.2, 0.25) is 0 Å². The molecule has 0 amide bonds. The molecule has 0 aliphatic carbocycles. The Balaban J connectivity index is 3.04. The average Bonchev–Trinajstić information content (AvgIpc) is 2.36. The van der Waals surface area contributed by atoms with Crippen molar-refractivity contribution >= 4 is 17.3 Å². The third-order valence-corrected chi connectivity index (χ3v) is 1.98. The van der Waals surface area contributed by atoms with Crippen LogP contribution < -0.4 is 4.84 Å². The summed E-state index contributed by atoms with van der Waals surface area (Å²) in [5.41, 5.74) is -0.938. The van der Waals surface area contributed by atoms with E-state index in [0.29, 0.717) is 6.61 Å². The number of oxime groups is 1. The molecular weight excluding hydrogens is 258 g/mol. The van der Waals surface area contributed by atoms with Crippen molar-refractivity contribution in [1.29, 1.82) is 0 Å². The number of hydrogen-bond donors (Lipinski definition) is 0. The fourth-order valence-electron chi connectivity index (χ4n) is 1.19. The molecule has 0 aliphatic rings. The Morgan fingerprint density at radius 2 is 2.00 bits per heavy atom. The Morgan fingerprint density at radius 1 is 1.32 bits per heavy atom. The fraction of sp³-hybridized carbons (Fsp3) is 0.300. The second-order valence-corrected chi connectivity index (χ2v) is 3.30.